The van der Waals surface area contributed by atoms with E-state index < -0.39 is 0 Å². The van der Waals surface area contributed by atoms with Crippen molar-refractivity contribution in [3.63, 3.8) is 0 Å². The molecule has 0 spiro atoms. The molecule has 0 radical (unpaired) electrons. The van der Waals surface area contributed by atoms with Gasteiger partial charge in [-0.05, 0) is 36.7 Å². The molecular formula is C16H15BrClN3O. The summed E-state index contributed by atoms with van der Waals surface area (Å²) in [5, 5.41) is 4.48. The largest absolute Gasteiger partial charge is 0.361 e. The van der Waals surface area contributed by atoms with Crippen LogP contribution in [-0.2, 0) is 6.54 Å². The minimum Gasteiger partial charge on any atom is -0.361 e. The maximum Gasteiger partial charge on any atom is 0.179 e. The SMILES string of the molecule is Cc1ccc(-c2c(Cl)nc(Br)n2Cc2c(C)noc2C)cc1. The third-order valence-electron chi connectivity index (χ3n) is 3.70. The van der Waals surface area contributed by atoms with Crippen LogP contribution in [0, 0.1) is 20.8 Å². The quantitative estimate of drug-likeness (QED) is 0.647. The topological polar surface area (TPSA) is 43.9 Å². The van der Waals surface area contributed by atoms with Gasteiger partial charge >= 0.3 is 0 Å². The Balaban J connectivity index is 2.10. The van der Waals surface area contributed by atoms with Crippen LogP contribution in [-0.4, -0.2) is 14.7 Å². The van der Waals surface area contributed by atoms with E-state index in [1.165, 1.54) is 5.56 Å². The highest BCUT2D eigenvalue weighted by atomic mass is 79.9. The van der Waals surface area contributed by atoms with Crippen LogP contribution in [0.25, 0.3) is 11.3 Å². The molecule has 2 aromatic heterocycles. The Morgan fingerprint density at radius 2 is 1.86 bits per heavy atom. The van der Waals surface area contributed by atoms with Crippen molar-refractivity contribution in [2.24, 2.45) is 0 Å². The molecule has 0 unspecified atom stereocenters. The second kappa shape index (κ2) is 5.89. The van der Waals surface area contributed by atoms with Crippen LogP contribution in [0.15, 0.2) is 33.5 Å². The smallest absolute Gasteiger partial charge is 0.179 e. The van der Waals surface area contributed by atoms with E-state index in [2.05, 4.69) is 57.3 Å². The average Bonchev–Trinajstić information content (AvgIpc) is 2.94. The fourth-order valence-electron chi connectivity index (χ4n) is 2.41. The molecule has 0 aliphatic heterocycles. The zero-order valence-electron chi connectivity index (χ0n) is 12.5. The summed E-state index contributed by atoms with van der Waals surface area (Å²) in [6.45, 7) is 6.50. The average molecular weight is 381 g/mol. The first-order valence-electron chi connectivity index (χ1n) is 6.87. The number of nitrogens with zero attached hydrogens (tertiary/aromatic N) is 3. The lowest BCUT2D eigenvalue weighted by Crippen LogP contribution is -2.04. The molecule has 3 aromatic rings. The summed E-state index contributed by atoms with van der Waals surface area (Å²) in [7, 11) is 0. The lowest BCUT2D eigenvalue weighted by molar-refractivity contribution is 0.392. The summed E-state index contributed by atoms with van der Waals surface area (Å²) in [6, 6.07) is 8.22. The van der Waals surface area contributed by atoms with Gasteiger partial charge in [0.25, 0.3) is 0 Å². The second-order valence-corrected chi connectivity index (χ2v) is 6.34. The van der Waals surface area contributed by atoms with Crippen molar-refractivity contribution in [1.29, 1.82) is 0 Å². The van der Waals surface area contributed by atoms with E-state index in [0.29, 0.717) is 16.4 Å². The number of aryl methyl sites for hydroxylation is 3. The van der Waals surface area contributed by atoms with Gasteiger partial charge in [-0.15, -0.1) is 0 Å². The molecule has 1 aromatic carbocycles. The summed E-state index contributed by atoms with van der Waals surface area (Å²) >= 11 is 9.83. The number of hydrogen-bond acceptors (Lipinski definition) is 3. The molecule has 4 nitrogen and oxygen atoms in total. The van der Waals surface area contributed by atoms with Crippen molar-refractivity contribution in [2.45, 2.75) is 27.3 Å². The summed E-state index contributed by atoms with van der Waals surface area (Å²) < 4.78 is 7.96. The van der Waals surface area contributed by atoms with Crippen molar-refractivity contribution in [1.82, 2.24) is 14.7 Å². The molecule has 0 N–H and O–H groups in total. The molecular weight excluding hydrogens is 366 g/mol. The highest BCUT2D eigenvalue weighted by molar-refractivity contribution is 9.10. The fourth-order valence-corrected chi connectivity index (χ4v) is 3.29. The van der Waals surface area contributed by atoms with Crippen molar-refractivity contribution < 1.29 is 4.52 Å². The predicted octanol–water partition coefficient (Wildman–Crippen LogP) is 4.93. The molecule has 0 saturated heterocycles. The Kier molecular flexibility index (Phi) is 4.10. The zero-order chi connectivity index (χ0) is 15.9. The van der Waals surface area contributed by atoms with Gasteiger partial charge in [0.1, 0.15) is 5.76 Å². The van der Waals surface area contributed by atoms with E-state index in [1.54, 1.807) is 0 Å². The Hall–Kier alpha value is -1.59. The molecule has 22 heavy (non-hydrogen) atoms. The maximum absolute atomic E-state index is 6.34. The van der Waals surface area contributed by atoms with Gasteiger partial charge in [-0.1, -0.05) is 46.6 Å². The first-order chi connectivity index (χ1) is 10.5. The van der Waals surface area contributed by atoms with Gasteiger partial charge < -0.3 is 9.09 Å². The Morgan fingerprint density at radius 3 is 2.45 bits per heavy atom. The first kappa shape index (κ1) is 15.3. The Morgan fingerprint density at radius 1 is 1.18 bits per heavy atom. The molecule has 0 aliphatic carbocycles. The van der Waals surface area contributed by atoms with Crippen molar-refractivity contribution in [3.8, 4) is 11.3 Å². The molecule has 0 atom stereocenters. The molecule has 0 fully saturated rings. The fraction of sp³-hybridized carbons (Fsp3) is 0.250. The summed E-state index contributed by atoms with van der Waals surface area (Å²) in [5.41, 5.74) is 5.04. The zero-order valence-corrected chi connectivity index (χ0v) is 14.9. The van der Waals surface area contributed by atoms with E-state index in [1.807, 2.05) is 18.4 Å². The van der Waals surface area contributed by atoms with Gasteiger partial charge in [0.2, 0.25) is 0 Å². The third-order valence-corrected chi connectivity index (χ3v) is 4.57. The number of benzene rings is 1. The van der Waals surface area contributed by atoms with Crippen LogP contribution < -0.4 is 0 Å². The van der Waals surface area contributed by atoms with E-state index in [9.17, 15) is 0 Å². The van der Waals surface area contributed by atoms with Gasteiger partial charge in [0.05, 0.1) is 17.9 Å². The lowest BCUT2D eigenvalue weighted by atomic mass is 10.1. The van der Waals surface area contributed by atoms with Crippen LogP contribution >= 0.6 is 27.5 Å². The summed E-state index contributed by atoms with van der Waals surface area (Å²) in [4.78, 5) is 4.34. The van der Waals surface area contributed by atoms with Crippen molar-refractivity contribution in [3.05, 3.63) is 56.7 Å². The number of rotatable bonds is 3. The maximum atomic E-state index is 6.34. The van der Waals surface area contributed by atoms with Gasteiger partial charge in [-0.25, -0.2) is 4.98 Å². The number of halogens is 2. The minimum atomic E-state index is 0.475. The molecule has 0 amide bonds. The molecule has 2 heterocycles. The minimum absolute atomic E-state index is 0.475. The van der Waals surface area contributed by atoms with E-state index in [4.69, 9.17) is 16.1 Å². The van der Waals surface area contributed by atoms with Crippen LogP contribution in [0.2, 0.25) is 5.15 Å². The number of imidazole rings is 1. The van der Waals surface area contributed by atoms with Crippen LogP contribution in [0.5, 0.6) is 0 Å². The molecule has 114 valence electrons. The highest BCUT2D eigenvalue weighted by Gasteiger charge is 2.19. The lowest BCUT2D eigenvalue weighted by Gasteiger charge is -2.10. The van der Waals surface area contributed by atoms with Gasteiger partial charge in [-0.2, -0.15) is 0 Å². The monoisotopic (exact) mass is 379 g/mol. The molecule has 6 heteroatoms. The van der Waals surface area contributed by atoms with Crippen molar-refractivity contribution >= 4 is 27.5 Å². The van der Waals surface area contributed by atoms with Crippen LogP contribution in [0.4, 0.5) is 0 Å². The first-order valence-corrected chi connectivity index (χ1v) is 8.04. The number of hydrogen-bond donors (Lipinski definition) is 0. The van der Waals surface area contributed by atoms with E-state index in [-0.39, 0.29) is 0 Å². The summed E-state index contributed by atoms with van der Waals surface area (Å²) in [6.07, 6.45) is 0. The van der Waals surface area contributed by atoms with Crippen molar-refractivity contribution in [2.75, 3.05) is 0 Å². The van der Waals surface area contributed by atoms with E-state index in [0.717, 1.165) is 28.3 Å². The van der Waals surface area contributed by atoms with Crippen LogP contribution in [0.3, 0.4) is 0 Å². The second-order valence-electron chi connectivity index (χ2n) is 5.28. The van der Waals surface area contributed by atoms with E-state index >= 15 is 0 Å². The van der Waals surface area contributed by atoms with Gasteiger partial charge in [0.15, 0.2) is 9.89 Å². The van der Waals surface area contributed by atoms with Gasteiger partial charge in [0, 0.05) is 11.1 Å². The Labute approximate surface area is 142 Å². The molecule has 0 saturated carbocycles. The van der Waals surface area contributed by atoms with Crippen LogP contribution in [0.1, 0.15) is 22.6 Å². The predicted molar refractivity (Wildman–Crippen MR) is 90.2 cm³/mol. The summed E-state index contributed by atoms with van der Waals surface area (Å²) in [5.74, 6) is 0.809. The molecule has 3 rings (SSSR count). The standard InChI is InChI=1S/C16H15BrClN3O/c1-9-4-6-12(7-5-9)14-15(18)19-16(17)21(14)8-13-10(2)20-22-11(13)3/h4-7H,8H2,1-3H3. The highest BCUT2D eigenvalue weighted by Crippen LogP contribution is 2.32. The number of aromatic nitrogens is 3. The third kappa shape index (κ3) is 2.71. The normalized spacial score (nSPS) is 11.1. The van der Waals surface area contributed by atoms with Gasteiger partial charge in [-0.3, -0.25) is 0 Å². The Bertz CT molecular complexity index is 801. The molecule has 0 aliphatic rings. The molecule has 0 bridgehead atoms.